The van der Waals surface area contributed by atoms with Gasteiger partial charge < -0.3 is 19.2 Å². The third-order valence-corrected chi connectivity index (χ3v) is 3.99. The van der Waals surface area contributed by atoms with Crippen molar-refractivity contribution >= 4 is 16.8 Å². The summed E-state index contributed by atoms with van der Waals surface area (Å²) in [5.74, 6) is 1.67. The molecule has 136 valence electrons. The van der Waals surface area contributed by atoms with Gasteiger partial charge in [-0.25, -0.2) is 4.98 Å². The van der Waals surface area contributed by atoms with Crippen molar-refractivity contribution in [3.8, 4) is 11.5 Å². The van der Waals surface area contributed by atoms with Crippen LogP contribution in [0.3, 0.4) is 0 Å². The number of rotatable bonds is 6. The highest BCUT2D eigenvalue weighted by atomic mass is 16.5. The molecule has 0 saturated heterocycles. The van der Waals surface area contributed by atoms with Crippen LogP contribution in [-0.4, -0.2) is 29.7 Å². The first-order valence-corrected chi connectivity index (χ1v) is 7.95. The molecule has 0 aliphatic rings. The van der Waals surface area contributed by atoms with Crippen LogP contribution in [0, 0.1) is 6.92 Å². The molecule has 0 fully saturated rings. The van der Waals surface area contributed by atoms with E-state index in [2.05, 4.69) is 10.3 Å². The lowest BCUT2D eigenvalue weighted by atomic mass is 10.2. The van der Waals surface area contributed by atoms with Crippen molar-refractivity contribution in [1.29, 1.82) is 0 Å². The molecule has 0 radical (unpaired) electrons. The fraction of sp³-hybridized carbons (Fsp3) is 0.278. The monoisotopic (exact) mass is 357 g/mol. The largest absolute Gasteiger partial charge is 0.493 e. The van der Waals surface area contributed by atoms with Crippen molar-refractivity contribution in [1.82, 2.24) is 14.9 Å². The van der Waals surface area contributed by atoms with Crippen molar-refractivity contribution in [3.05, 3.63) is 52.5 Å². The molecule has 0 aliphatic heterocycles. The number of carbonyl (C=O) groups is 1. The lowest BCUT2D eigenvalue weighted by Gasteiger charge is -2.13. The molecule has 0 spiro atoms. The van der Waals surface area contributed by atoms with Gasteiger partial charge in [-0.1, -0.05) is 0 Å². The van der Waals surface area contributed by atoms with E-state index in [1.165, 1.54) is 25.0 Å². The number of nitrogens with one attached hydrogen (secondary N) is 1. The van der Waals surface area contributed by atoms with Gasteiger partial charge in [-0.3, -0.25) is 14.2 Å². The first-order valence-electron chi connectivity index (χ1n) is 7.95. The number of hydrogen-bond acceptors (Lipinski definition) is 6. The summed E-state index contributed by atoms with van der Waals surface area (Å²) >= 11 is 0. The number of furan rings is 1. The van der Waals surface area contributed by atoms with Gasteiger partial charge in [0, 0.05) is 6.07 Å². The number of carbonyl (C=O) groups excluding carboxylic acids is 1. The van der Waals surface area contributed by atoms with E-state index in [-0.39, 0.29) is 24.6 Å². The molecule has 1 N–H and O–H groups in total. The highest BCUT2D eigenvalue weighted by molar-refractivity contribution is 5.82. The molecule has 8 nitrogen and oxygen atoms in total. The maximum absolute atomic E-state index is 12.8. The first-order chi connectivity index (χ1) is 12.5. The van der Waals surface area contributed by atoms with Crippen molar-refractivity contribution in [2.75, 3.05) is 14.2 Å². The van der Waals surface area contributed by atoms with Crippen LogP contribution < -0.4 is 20.3 Å². The minimum Gasteiger partial charge on any atom is -0.493 e. The number of benzene rings is 1. The van der Waals surface area contributed by atoms with Crippen LogP contribution in [-0.2, 0) is 17.9 Å². The number of amides is 1. The van der Waals surface area contributed by atoms with E-state index in [0.29, 0.717) is 34.0 Å². The zero-order valence-corrected chi connectivity index (χ0v) is 14.7. The van der Waals surface area contributed by atoms with E-state index >= 15 is 0 Å². The molecule has 0 aliphatic carbocycles. The van der Waals surface area contributed by atoms with E-state index < -0.39 is 0 Å². The minimum atomic E-state index is -0.318. The zero-order valence-electron chi connectivity index (χ0n) is 14.7. The Morgan fingerprint density at radius 1 is 1.27 bits per heavy atom. The number of fused-ring (bicyclic) bond motifs is 1. The Hall–Kier alpha value is -3.29. The summed E-state index contributed by atoms with van der Waals surface area (Å²) in [6.45, 7) is 1.80. The number of ether oxygens (including phenoxy) is 2. The average molecular weight is 357 g/mol. The topological polar surface area (TPSA) is 95.6 Å². The predicted molar refractivity (Wildman–Crippen MR) is 94.4 cm³/mol. The van der Waals surface area contributed by atoms with Gasteiger partial charge in [0.05, 0.1) is 37.9 Å². The molecule has 0 atom stereocenters. The number of nitrogens with zero attached hydrogens (tertiary/aromatic N) is 2. The molecule has 0 saturated carbocycles. The zero-order chi connectivity index (χ0) is 18.7. The van der Waals surface area contributed by atoms with Gasteiger partial charge in [0.2, 0.25) is 5.91 Å². The number of aryl methyl sites for hydroxylation is 1. The van der Waals surface area contributed by atoms with Gasteiger partial charge in [0.25, 0.3) is 5.56 Å². The molecule has 8 heteroatoms. The summed E-state index contributed by atoms with van der Waals surface area (Å²) < 4.78 is 17.0. The molecule has 26 heavy (non-hydrogen) atoms. The average Bonchev–Trinajstić information content (AvgIpc) is 3.16. The minimum absolute atomic E-state index is 0.136. The van der Waals surface area contributed by atoms with Crippen LogP contribution in [0.25, 0.3) is 10.9 Å². The maximum Gasteiger partial charge on any atom is 0.262 e. The van der Waals surface area contributed by atoms with Crippen LogP contribution in [0.4, 0.5) is 0 Å². The Labute approximate surface area is 149 Å². The van der Waals surface area contributed by atoms with E-state index in [9.17, 15) is 9.59 Å². The normalized spacial score (nSPS) is 10.7. The predicted octanol–water partition coefficient (Wildman–Crippen LogP) is 1.63. The van der Waals surface area contributed by atoms with Crippen LogP contribution in [0.1, 0.15) is 11.6 Å². The fourth-order valence-electron chi connectivity index (χ4n) is 2.64. The van der Waals surface area contributed by atoms with Crippen molar-refractivity contribution in [2.24, 2.45) is 0 Å². The maximum atomic E-state index is 12.8. The van der Waals surface area contributed by atoms with E-state index in [1.807, 2.05) is 0 Å². The van der Waals surface area contributed by atoms with Crippen molar-refractivity contribution in [2.45, 2.75) is 20.0 Å². The third kappa shape index (κ3) is 3.39. The SMILES string of the molecule is COc1cc2nc(C)n(CC(=O)NCc3ccco3)c(=O)c2cc1OC. The summed E-state index contributed by atoms with van der Waals surface area (Å²) in [4.78, 5) is 29.4. The number of methoxy groups -OCH3 is 2. The second kappa shape index (κ2) is 7.30. The molecular formula is C18H19N3O5. The quantitative estimate of drug-likeness (QED) is 0.720. The number of hydrogen-bond donors (Lipinski definition) is 1. The van der Waals surface area contributed by atoms with Gasteiger partial charge in [-0.05, 0) is 25.1 Å². The molecule has 3 aromatic rings. The first kappa shape index (κ1) is 17.5. The van der Waals surface area contributed by atoms with Crippen LogP contribution in [0.15, 0.2) is 39.7 Å². The molecule has 1 aromatic carbocycles. The van der Waals surface area contributed by atoms with E-state index in [4.69, 9.17) is 13.9 Å². The Balaban J connectivity index is 1.90. The Morgan fingerprint density at radius 3 is 2.65 bits per heavy atom. The lowest BCUT2D eigenvalue weighted by Crippen LogP contribution is -2.33. The van der Waals surface area contributed by atoms with Gasteiger partial charge in [-0.2, -0.15) is 0 Å². The molecule has 0 unspecified atom stereocenters. The fourth-order valence-corrected chi connectivity index (χ4v) is 2.64. The summed E-state index contributed by atoms with van der Waals surface area (Å²) in [5, 5.41) is 3.07. The smallest absolute Gasteiger partial charge is 0.262 e. The van der Waals surface area contributed by atoms with Gasteiger partial charge >= 0.3 is 0 Å². The van der Waals surface area contributed by atoms with Crippen LogP contribution in [0.2, 0.25) is 0 Å². The van der Waals surface area contributed by atoms with Gasteiger partial charge in [0.1, 0.15) is 18.1 Å². The lowest BCUT2D eigenvalue weighted by molar-refractivity contribution is -0.122. The van der Waals surface area contributed by atoms with Gasteiger partial charge in [0.15, 0.2) is 11.5 Å². The second-order valence-electron chi connectivity index (χ2n) is 5.63. The molecular weight excluding hydrogens is 338 g/mol. The van der Waals surface area contributed by atoms with Crippen molar-refractivity contribution < 1.29 is 18.7 Å². The van der Waals surface area contributed by atoms with Crippen LogP contribution >= 0.6 is 0 Å². The summed E-state index contributed by atoms with van der Waals surface area (Å²) in [6, 6.07) is 6.71. The second-order valence-corrected chi connectivity index (χ2v) is 5.63. The Bertz CT molecular complexity index is 992. The van der Waals surface area contributed by atoms with Crippen molar-refractivity contribution in [3.63, 3.8) is 0 Å². The highest BCUT2D eigenvalue weighted by Crippen LogP contribution is 2.30. The van der Waals surface area contributed by atoms with E-state index in [0.717, 1.165) is 0 Å². The van der Waals surface area contributed by atoms with E-state index in [1.54, 1.807) is 31.2 Å². The standard InChI is InChI=1S/C18H19N3O5/c1-11-20-14-8-16(25-3)15(24-2)7-13(14)18(23)21(11)10-17(22)19-9-12-5-4-6-26-12/h4-8H,9-10H2,1-3H3,(H,19,22). The number of aromatic nitrogens is 2. The Kier molecular flexibility index (Phi) is 4.92. The highest BCUT2D eigenvalue weighted by Gasteiger charge is 2.15. The molecule has 2 heterocycles. The summed E-state index contributed by atoms with van der Waals surface area (Å²) in [5.41, 5.74) is 0.166. The summed E-state index contributed by atoms with van der Waals surface area (Å²) in [6.07, 6.45) is 1.53. The van der Waals surface area contributed by atoms with Gasteiger partial charge in [-0.15, -0.1) is 0 Å². The molecule has 0 bridgehead atoms. The molecule has 1 amide bonds. The van der Waals surface area contributed by atoms with Crippen LogP contribution in [0.5, 0.6) is 11.5 Å². The molecule has 3 rings (SSSR count). The molecule has 2 aromatic heterocycles. The Morgan fingerprint density at radius 2 is 2.00 bits per heavy atom. The summed E-state index contributed by atoms with van der Waals surface area (Å²) in [7, 11) is 3.01. The third-order valence-electron chi connectivity index (χ3n) is 3.99.